The van der Waals surface area contributed by atoms with Crippen molar-refractivity contribution in [2.45, 2.75) is 66.0 Å². The van der Waals surface area contributed by atoms with E-state index in [4.69, 9.17) is 10.5 Å². The van der Waals surface area contributed by atoms with Gasteiger partial charge in [0.1, 0.15) is 16.9 Å². The Balaban J connectivity index is 2.10. The third-order valence-electron chi connectivity index (χ3n) is 6.95. The lowest BCUT2D eigenvalue weighted by Crippen LogP contribution is -2.55. The number of nitrogens with two attached hydrogens (primary N) is 1. The Kier molecular flexibility index (Phi) is 13.3. The van der Waals surface area contributed by atoms with Crippen LogP contribution in [-0.2, 0) is 19.1 Å². The molecule has 3 unspecified atom stereocenters. The van der Waals surface area contributed by atoms with E-state index in [-0.39, 0.29) is 40.4 Å². The van der Waals surface area contributed by atoms with Crippen LogP contribution in [0.2, 0.25) is 0 Å². The van der Waals surface area contributed by atoms with E-state index < -0.39 is 53.4 Å². The molecule has 0 spiro atoms. The van der Waals surface area contributed by atoms with Gasteiger partial charge in [-0.25, -0.2) is 9.18 Å². The molecule has 4 amide bonds. The molecule has 0 bridgehead atoms. The summed E-state index contributed by atoms with van der Waals surface area (Å²) in [4.78, 5) is 64.1. The van der Waals surface area contributed by atoms with Crippen molar-refractivity contribution in [2.75, 3.05) is 25.5 Å². The molecule has 43 heavy (non-hydrogen) atoms. The van der Waals surface area contributed by atoms with Gasteiger partial charge >= 0.3 is 5.97 Å². The number of hydrogen-bond acceptors (Lipinski definition) is 8. The van der Waals surface area contributed by atoms with Crippen molar-refractivity contribution in [3.63, 3.8) is 0 Å². The first kappa shape index (κ1) is 35.4. The standard InChI is InChI=1S/C30H42FN5O6S/c1-8-20(18-9-11-19(31)12-10-18)25(37)36-29-21(30(41)42-7)17(6)24(43-29)28(40)34-14-13-33-27(39)23(16(4)5)35-26(38)22(32)15(2)3/h9-12,15-16,20,22-23H,8,13-14,32H2,1-7H3,(H,33,39)(H,34,40)(H,35,38)(H,36,37). The molecule has 0 aliphatic heterocycles. The summed E-state index contributed by atoms with van der Waals surface area (Å²) in [7, 11) is 1.20. The van der Waals surface area contributed by atoms with E-state index in [1.807, 2.05) is 20.8 Å². The van der Waals surface area contributed by atoms with Crippen molar-refractivity contribution in [3.8, 4) is 0 Å². The van der Waals surface area contributed by atoms with Gasteiger partial charge in [0.05, 0.1) is 29.5 Å². The summed E-state index contributed by atoms with van der Waals surface area (Å²) < 4.78 is 18.3. The van der Waals surface area contributed by atoms with Gasteiger partial charge in [0.25, 0.3) is 5.91 Å². The summed E-state index contributed by atoms with van der Waals surface area (Å²) in [6.07, 6.45) is 0.417. The van der Waals surface area contributed by atoms with Crippen LogP contribution in [-0.4, -0.2) is 61.9 Å². The number of hydrogen-bond donors (Lipinski definition) is 5. The number of benzene rings is 1. The average molecular weight is 620 g/mol. The number of thiophene rings is 1. The number of anilines is 1. The third-order valence-corrected chi connectivity index (χ3v) is 8.16. The summed E-state index contributed by atoms with van der Waals surface area (Å²) in [6.45, 7) is 10.7. The minimum absolute atomic E-state index is 0.0587. The van der Waals surface area contributed by atoms with E-state index in [2.05, 4.69) is 21.3 Å². The number of amides is 4. The van der Waals surface area contributed by atoms with E-state index in [0.29, 0.717) is 17.5 Å². The average Bonchev–Trinajstić information content (AvgIpc) is 3.29. The zero-order valence-corrected chi connectivity index (χ0v) is 26.4. The lowest BCUT2D eigenvalue weighted by Gasteiger charge is -2.24. The number of methoxy groups -OCH3 is 1. The lowest BCUT2D eigenvalue weighted by molar-refractivity contribution is -0.131. The highest BCUT2D eigenvalue weighted by Gasteiger charge is 2.29. The van der Waals surface area contributed by atoms with Crippen LogP contribution >= 0.6 is 11.3 Å². The molecule has 1 aromatic heterocycles. The fourth-order valence-electron chi connectivity index (χ4n) is 4.27. The molecule has 1 heterocycles. The predicted octanol–water partition coefficient (Wildman–Crippen LogP) is 3.08. The van der Waals surface area contributed by atoms with E-state index in [1.54, 1.807) is 20.8 Å². The van der Waals surface area contributed by atoms with Crippen molar-refractivity contribution in [2.24, 2.45) is 17.6 Å². The molecule has 0 saturated carbocycles. The number of nitrogens with one attached hydrogen (secondary N) is 4. The number of carbonyl (C=O) groups is 5. The van der Waals surface area contributed by atoms with Gasteiger partial charge in [-0.05, 0) is 48.4 Å². The zero-order chi connectivity index (χ0) is 32.4. The highest BCUT2D eigenvalue weighted by atomic mass is 32.1. The molecule has 236 valence electrons. The van der Waals surface area contributed by atoms with Crippen molar-refractivity contribution >= 4 is 45.9 Å². The van der Waals surface area contributed by atoms with Gasteiger partial charge in [-0.1, -0.05) is 46.8 Å². The molecule has 6 N–H and O–H groups in total. The van der Waals surface area contributed by atoms with E-state index in [1.165, 1.54) is 31.4 Å². The molecule has 2 rings (SSSR count). The van der Waals surface area contributed by atoms with E-state index in [0.717, 1.165) is 11.3 Å². The number of halogens is 1. The van der Waals surface area contributed by atoms with Gasteiger partial charge < -0.3 is 31.7 Å². The highest BCUT2D eigenvalue weighted by molar-refractivity contribution is 7.18. The van der Waals surface area contributed by atoms with Crippen LogP contribution in [0, 0.1) is 24.6 Å². The Morgan fingerprint density at radius 2 is 1.53 bits per heavy atom. The minimum Gasteiger partial charge on any atom is -0.465 e. The Labute approximate surface area is 255 Å². The number of carbonyl (C=O) groups excluding carboxylic acids is 5. The van der Waals surface area contributed by atoms with Gasteiger partial charge in [0.2, 0.25) is 17.7 Å². The van der Waals surface area contributed by atoms with Crippen LogP contribution in [0.5, 0.6) is 0 Å². The molecule has 0 radical (unpaired) electrons. The molecule has 0 fully saturated rings. The van der Waals surface area contributed by atoms with Crippen LogP contribution < -0.4 is 27.0 Å². The molecule has 0 aliphatic carbocycles. The minimum atomic E-state index is -0.803. The summed E-state index contributed by atoms with van der Waals surface area (Å²) in [5, 5.41) is 11.0. The number of ether oxygens (including phenoxy) is 1. The normalized spacial score (nSPS) is 13.2. The van der Waals surface area contributed by atoms with Crippen molar-refractivity contribution in [1.29, 1.82) is 0 Å². The first-order valence-electron chi connectivity index (χ1n) is 14.1. The quantitative estimate of drug-likeness (QED) is 0.160. The summed E-state index contributed by atoms with van der Waals surface area (Å²) in [6, 6.07) is 4.05. The molecule has 13 heteroatoms. The van der Waals surface area contributed by atoms with Crippen LogP contribution in [0.3, 0.4) is 0 Å². The molecular formula is C30H42FN5O6S. The zero-order valence-electron chi connectivity index (χ0n) is 25.6. The van der Waals surface area contributed by atoms with Crippen molar-refractivity contribution < 1.29 is 33.1 Å². The highest BCUT2D eigenvalue weighted by Crippen LogP contribution is 2.35. The maximum absolute atomic E-state index is 13.4. The fourth-order valence-corrected chi connectivity index (χ4v) is 5.39. The molecule has 1 aromatic carbocycles. The Bertz CT molecular complexity index is 1310. The first-order chi connectivity index (χ1) is 20.2. The SMILES string of the molecule is CCC(C(=O)Nc1sc(C(=O)NCCNC(=O)C(NC(=O)C(N)C(C)C)C(C)C)c(C)c1C(=O)OC)c1ccc(F)cc1. The van der Waals surface area contributed by atoms with Crippen LogP contribution in [0.25, 0.3) is 0 Å². The van der Waals surface area contributed by atoms with Crippen molar-refractivity contribution in [3.05, 3.63) is 51.7 Å². The molecule has 3 atom stereocenters. The summed E-state index contributed by atoms with van der Waals surface area (Å²) >= 11 is 0.925. The Morgan fingerprint density at radius 1 is 0.930 bits per heavy atom. The van der Waals surface area contributed by atoms with E-state index in [9.17, 15) is 28.4 Å². The van der Waals surface area contributed by atoms with Crippen molar-refractivity contribution in [1.82, 2.24) is 16.0 Å². The van der Waals surface area contributed by atoms with Crippen LogP contribution in [0.1, 0.15) is 78.1 Å². The maximum Gasteiger partial charge on any atom is 0.341 e. The second-order valence-electron chi connectivity index (χ2n) is 10.8. The largest absolute Gasteiger partial charge is 0.465 e. The smallest absolute Gasteiger partial charge is 0.341 e. The van der Waals surface area contributed by atoms with Gasteiger partial charge in [-0.15, -0.1) is 11.3 Å². The second-order valence-corrected chi connectivity index (χ2v) is 11.8. The number of esters is 1. The first-order valence-corrected chi connectivity index (χ1v) is 14.9. The number of rotatable bonds is 14. The monoisotopic (exact) mass is 619 g/mol. The lowest BCUT2D eigenvalue weighted by atomic mass is 9.95. The van der Waals surface area contributed by atoms with Gasteiger partial charge in [-0.2, -0.15) is 0 Å². The molecule has 11 nitrogen and oxygen atoms in total. The Morgan fingerprint density at radius 3 is 2.07 bits per heavy atom. The molecule has 0 aliphatic rings. The predicted molar refractivity (Wildman–Crippen MR) is 163 cm³/mol. The topological polar surface area (TPSA) is 169 Å². The van der Waals surface area contributed by atoms with Gasteiger partial charge in [-0.3, -0.25) is 19.2 Å². The van der Waals surface area contributed by atoms with Gasteiger partial charge in [0.15, 0.2) is 0 Å². The van der Waals surface area contributed by atoms with Crippen LogP contribution in [0.15, 0.2) is 24.3 Å². The molecular weight excluding hydrogens is 577 g/mol. The Hall–Kier alpha value is -3.84. The van der Waals surface area contributed by atoms with Gasteiger partial charge in [0, 0.05) is 13.1 Å². The van der Waals surface area contributed by atoms with Crippen LogP contribution in [0.4, 0.5) is 9.39 Å². The summed E-state index contributed by atoms with van der Waals surface area (Å²) in [5.74, 6) is -3.81. The van der Waals surface area contributed by atoms with E-state index >= 15 is 0 Å². The molecule has 2 aromatic rings. The fraction of sp³-hybridized carbons (Fsp3) is 0.500. The summed E-state index contributed by atoms with van der Waals surface area (Å²) in [5.41, 5.74) is 6.89. The maximum atomic E-state index is 13.4. The molecule has 0 saturated heterocycles. The third kappa shape index (κ3) is 9.32. The second kappa shape index (κ2) is 16.1.